The maximum atomic E-state index is 14.1. The minimum absolute atomic E-state index is 0.0499. The molecule has 1 unspecified atom stereocenters. The third kappa shape index (κ3) is 11.8. The molecule has 0 bridgehead atoms. The third-order valence-electron chi connectivity index (χ3n) is 9.31. The van der Waals surface area contributed by atoms with Crippen LogP contribution in [0.2, 0.25) is 60.4 Å². The van der Waals surface area contributed by atoms with E-state index in [1.807, 2.05) is 0 Å². The highest BCUT2D eigenvalue weighted by Crippen LogP contribution is 2.40. The summed E-state index contributed by atoms with van der Waals surface area (Å²) in [6.45, 7) is 33.4. The Balaban J connectivity index is 7.04. The molecule has 0 aromatic carbocycles. The summed E-state index contributed by atoms with van der Waals surface area (Å²) in [5, 5.41) is 0. The molecule has 9 heteroatoms. The molecule has 39 heavy (non-hydrogen) atoms. The van der Waals surface area contributed by atoms with Crippen LogP contribution in [0.15, 0.2) is 0 Å². The van der Waals surface area contributed by atoms with Gasteiger partial charge in [-0.3, -0.25) is 4.79 Å². The number of carbonyl (C=O) groups is 1. The van der Waals surface area contributed by atoms with Gasteiger partial charge in [-0.05, 0) is 71.6 Å². The van der Waals surface area contributed by atoms with Gasteiger partial charge in [0.25, 0.3) is 0 Å². The molecule has 1 atom stereocenters. The molecule has 0 aliphatic heterocycles. The summed E-state index contributed by atoms with van der Waals surface area (Å²) in [4.78, 5) is 14.1. The van der Waals surface area contributed by atoms with Gasteiger partial charge in [0.1, 0.15) is 12.1 Å². The van der Waals surface area contributed by atoms with E-state index in [1.165, 1.54) is 0 Å². The standard InChI is InChI=1S/C30H68O5Si4/c1-16-36(17-2,18-3)33-39(34-37(19-4,20-5)21-6,35-38(22-7,23-8)24-9)26-28(31)32-27(30(13,14)15)25-29(10,11)12/h27H,16-26H2,1-15H3. The van der Waals surface area contributed by atoms with Crippen molar-refractivity contribution in [3.63, 3.8) is 0 Å². The maximum absolute atomic E-state index is 14.1. The van der Waals surface area contributed by atoms with E-state index in [-0.39, 0.29) is 28.9 Å². The van der Waals surface area contributed by atoms with Crippen molar-refractivity contribution in [2.45, 2.75) is 177 Å². The zero-order valence-electron chi connectivity index (χ0n) is 28.9. The van der Waals surface area contributed by atoms with Crippen molar-refractivity contribution in [3.05, 3.63) is 0 Å². The molecule has 0 fully saturated rings. The van der Waals surface area contributed by atoms with Crippen LogP contribution in [0.25, 0.3) is 0 Å². The maximum Gasteiger partial charge on any atom is 0.481 e. The average Bonchev–Trinajstić information content (AvgIpc) is 2.87. The highest BCUT2D eigenvalue weighted by atomic mass is 28.5. The van der Waals surface area contributed by atoms with E-state index in [4.69, 9.17) is 17.1 Å². The number of carbonyl (C=O) groups excluding carboxylic acids is 1. The molecule has 0 aliphatic rings. The fourth-order valence-corrected chi connectivity index (χ4v) is 26.1. The van der Waals surface area contributed by atoms with E-state index in [1.54, 1.807) is 0 Å². The monoisotopic (exact) mass is 620 g/mol. The molecule has 234 valence electrons. The Kier molecular flexibility index (Phi) is 16.3. The molecule has 0 saturated carbocycles. The van der Waals surface area contributed by atoms with Crippen molar-refractivity contribution < 1.29 is 21.9 Å². The van der Waals surface area contributed by atoms with Crippen LogP contribution in [0.5, 0.6) is 0 Å². The summed E-state index contributed by atoms with van der Waals surface area (Å²) in [5.41, 5.74) is -0.109. The first-order valence-corrected chi connectivity index (χ1v) is 25.7. The predicted octanol–water partition coefficient (Wildman–Crippen LogP) is 10.4. The molecule has 0 aliphatic carbocycles. The molecule has 0 aromatic rings. The zero-order chi connectivity index (χ0) is 30.8. The highest BCUT2D eigenvalue weighted by Gasteiger charge is 2.57. The van der Waals surface area contributed by atoms with Crippen LogP contribution in [-0.4, -0.2) is 45.8 Å². The van der Waals surface area contributed by atoms with Crippen LogP contribution < -0.4 is 0 Å². The Labute approximate surface area is 248 Å². The third-order valence-corrected chi connectivity index (χ3v) is 30.6. The van der Waals surface area contributed by atoms with Crippen LogP contribution in [0, 0.1) is 10.8 Å². The van der Waals surface area contributed by atoms with E-state index in [0.717, 1.165) is 60.8 Å². The Morgan fingerprint density at radius 3 is 1.05 bits per heavy atom. The lowest BCUT2D eigenvalue weighted by atomic mass is 9.78. The van der Waals surface area contributed by atoms with E-state index < -0.39 is 33.8 Å². The van der Waals surface area contributed by atoms with E-state index in [9.17, 15) is 4.79 Å². The van der Waals surface area contributed by atoms with Crippen LogP contribution in [0.3, 0.4) is 0 Å². The summed E-state index contributed by atoms with van der Waals surface area (Å²) in [7, 11) is -9.91. The minimum atomic E-state index is -3.43. The summed E-state index contributed by atoms with van der Waals surface area (Å²) in [6, 6.07) is 9.17. The first-order valence-electron chi connectivity index (χ1n) is 16.2. The van der Waals surface area contributed by atoms with Gasteiger partial charge in [0.2, 0.25) is 0 Å². The second-order valence-electron chi connectivity index (χ2n) is 14.0. The number of hydrogen-bond donors (Lipinski definition) is 0. The van der Waals surface area contributed by atoms with Gasteiger partial charge in [0.15, 0.2) is 25.0 Å². The SMILES string of the molecule is CC[Si](CC)(CC)O[Si](CC(=O)OC(CC(C)(C)C)C(C)(C)C)(O[Si](CC)(CC)CC)O[Si](CC)(CC)CC. The van der Waals surface area contributed by atoms with Crippen molar-refractivity contribution in [1.82, 2.24) is 0 Å². The lowest BCUT2D eigenvalue weighted by Crippen LogP contribution is -2.65. The number of hydrogen-bond acceptors (Lipinski definition) is 5. The van der Waals surface area contributed by atoms with Gasteiger partial charge in [-0.2, -0.15) is 0 Å². The molecule has 0 amide bonds. The Hall–Kier alpha value is 0.218. The largest absolute Gasteiger partial charge is 0.481 e. The second kappa shape index (κ2) is 16.2. The van der Waals surface area contributed by atoms with E-state index in [2.05, 4.69) is 104 Å². The summed E-state index contributed by atoms with van der Waals surface area (Å²) in [5.74, 6) is -0.200. The lowest BCUT2D eigenvalue weighted by Gasteiger charge is -2.48. The highest BCUT2D eigenvalue weighted by molar-refractivity contribution is 6.93. The quantitative estimate of drug-likeness (QED) is 0.106. The lowest BCUT2D eigenvalue weighted by molar-refractivity contribution is -0.154. The normalized spacial score (nSPS) is 14.9. The Morgan fingerprint density at radius 1 is 0.564 bits per heavy atom. The zero-order valence-corrected chi connectivity index (χ0v) is 32.9. The van der Waals surface area contributed by atoms with Gasteiger partial charge < -0.3 is 17.1 Å². The smallest absolute Gasteiger partial charge is 0.462 e. The van der Waals surface area contributed by atoms with Crippen LogP contribution in [0.4, 0.5) is 0 Å². The van der Waals surface area contributed by atoms with Gasteiger partial charge in [-0.25, -0.2) is 0 Å². The second-order valence-corrected chi connectivity index (χ2v) is 31.6. The molecule has 5 nitrogen and oxygen atoms in total. The van der Waals surface area contributed by atoms with E-state index >= 15 is 0 Å². The van der Waals surface area contributed by atoms with Crippen molar-refractivity contribution in [2.75, 3.05) is 0 Å². The van der Waals surface area contributed by atoms with Crippen LogP contribution >= 0.6 is 0 Å². The molecule has 0 N–H and O–H groups in total. The number of ether oxygens (including phenoxy) is 1. The van der Waals surface area contributed by atoms with E-state index in [0.29, 0.717) is 0 Å². The minimum Gasteiger partial charge on any atom is -0.462 e. The molecular weight excluding hydrogens is 553 g/mol. The predicted molar refractivity (Wildman–Crippen MR) is 179 cm³/mol. The average molecular weight is 621 g/mol. The summed E-state index contributed by atoms with van der Waals surface area (Å²) < 4.78 is 28.7. The first kappa shape index (κ1) is 39.2. The van der Waals surface area contributed by atoms with Crippen LogP contribution in [-0.2, 0) is 21.9 Å². The fraction of sp³-hybridized carbons (Fsp3) is 0.967. The van der Waals surface area contributed by atoms with Gasteiger partial charge >= 0.3 is 14.8 Å². The Bertz CT molecular complexity index is 625. The topological polar surface area (TPSA) is 54.0 Å². The molecule has 0 aromatic heterocycles. The van der Waals surface area contributed by atoms with Gasteiger partial charge in [-0.1, -0.05) is 104 Å². The molecule has 0 saturated heterocycles. The molecule has 0 radical (unpaired) electrons. The number of rotatable bonds is 19. The van der Waals surface area contributed by atoms with Gasteiger partial charge in [0, 0.05) is 0 Å². The molecule has 0 heterocycles. The van der Waals surface area contributed by atoms with Crippen molar-refractivity contribution >= 4 is 39.7 Å². The van der Waals surface area contributed by atoms with Gasteiger partial charge in [0.05, 0.1) is 0 Å². The number of esters is 1. The molecule has 0 rings (SSSR count). The summed E-state index contributed by atoms with van der Waals surface area (Å²) in [6.07, 6.45) is 0.629. The Morgan fingerprint density at radius 2 is 0.846 bits per heavy atom. The van der Waals surface area contributed by atoms with Crippen molar-refractivity contribution in [1.29, 1.82) is 0 Å². The molecular formula is C30H68O5Si4. The van der Waals surface area contributed by atoms with Crippen LogP contribution in [0.1, 0.15) is 110 Å². The van der Waals surface area contributed by atoms with Crippen molar-refractivity contribution in [3.8, 4) is 0 Å². The summed E-state index contributed by atoms with van der Waals surface area (Å²) >= 11 is 0. The first-order chi connectivity index (χ1) is 17.9. The molecule has 0 spiro atoms. The van der Waals surface area contributed by atoms with Crippen molar-refractivity contribution in [2.24, 2.45) is 10.8 Å². The van der Waals surface area contributed by atoms with Gasteiger partial charge in [-0.15, -0.1) is 0 Å². The fourth-order valence-electron chi connectivity index (χ4n) is 5.52.